The predicted molar refractivity (Wildman–Crippen MR) is 92.1 cm³/mol. The van der Waals surface area contributed by atoms with Gasteiger partial charge in [-0.2, -0.15) is 0 Å². The second kappa shape index (κ2) is 6.34. The number of hydrogen-bond donors (Lipinski definition) is 1. The first-order valence-electron chi connectivity index (χ1n) is 7.21. The molecule has 3 nitrogen and oxygen atoms in total. The predicted octanol–water partition coefficient (Wildman–Crippen LogP) is 4.78. The molecule has 0 aliphatic rings. The van der Waals surface area contributed by atoms with Gasteiger partial charge >= 0.3 is 5.63 Å². The summed E-state index contributed by atoms with van der Waals surface area (Å²) in [4.78, 5) is 13.3. The average Bonchev–Trinajstić information content (AvgIpc) is 2.51. The molecule has 0 fully saturated rings. The molecule has 3 aromatic rings. The van der Waals surface area contributed by atoms with Crippen molar-refractivity contribution < 1.29 is 9.52 Å². The Balaban J connectivity index is 2.02. The molecule has 1 aromatic heterocycles. The Hall–Kier alpha value is -2.46. The van der Waals surface area contributed by atoms with E-state index in [0.29, 0.717) is 5.76 Å². The number of benzene rings is 2. The summed E-state index contributed by atoms with van der Waals surface area (Å²) in [5.41, 5.74) is 2.40. The maximum absolute atomic E-state index is 12.3. The van der Waals surface area contributed by atoms with Gasteiger partial charge in [-0.05, 0) is 38.1 Å². The van der Waals surface area contributed by atoms with Gasteiger partial charge in [0.05, 0.1) is 0 Å². The number of rotatable bonds is 3. The van der Waals surface area contributed by atoms with E-state index in [-0.39, 0.29) is 10.6 Å². The molecule has 0 aliphatic carbocycles. The van der Waals surface area contributed by atoms with E-state index in [4.69, 9.17) is 4.42 Å². The van der Waals surface area contributed by atoms with E-state index in [0.717, 1.165) is 21.6 Å². The van der Waals surface area contributed by atoms with Gasteiger partial charge in [0, 0.05) is 16.5 Å². The minimum Gasteiger partial charge on any atom is -0.506 e. The SMILES string of the molecule is Cc1cc(C)cc(-c2cc(O)c(Sc3ccccc3)c(=O)o2)c1. The van der Waals surface area contributed by atoms with Crippen LogP contribution in [0.1, 0.15) is 11.1 Å². The van der Waals surface area contributed by atoms with Crippen molar-refractivity contribution in [2.24, 2.45) is 0 Å². The van der Waals surface area contributed by atoms with E-state index in [9.17, 15) is 9.90 Å². The highest BCUT2D eigenvalue weighted by molar-refractivity contribution is 7.99. The van der Waals surface area contributed by atoms with Gasteiger partial charge in [-0.15, -0.1) is 0 Å². The van der Waals surface area contributed by atoms with Gasteiger partial charge in [-0.25, -0.2) is 4.79 Å². The Bertz CT molecular complexity index is 878. The molecule has 0 aliphatic heterocycles. The molecular weight excluding hydrogens is 308 g/mol. The Kier molecular flexibility index (Phi) is 4.26. The van der Waals surface area contributed by atoms with Crippen molar-refractivity contribution in [1.82, 2.24) is 0 Å². The first kappa shape index (κ1) is 15.4. The summed E-state index contributed by atoms with van der Waals surface area (Å²) in [5, 5.41) is 10.3. The second-order valence-electron chi connectivity index (χ2n) is 5.40. The van der Waals surface area contributed by atoms with Crippen LogP contribution in [-0.4, -0.2) is 5.11 Å². The molecule has 2 aromatic carbocycles. The molecule has 0 saturated carbocycles. The first-order chi connectivity index (χ1) is 11.0. The van der Waals surface area contributed by atoms with E-state index in [1.54, 1.807) is 0 Å². The molecule has 0 spiro atoms. The second-order valence-corrected chi connectivity index (χ2v) is 6.49. The zero-order valence-corrected chi connectivity index (χ0v) is 13.7. The fourth-order valence-electron chi connectivity index (χ4n) is 2.43. The molecular formula is C19H16O3S. The smallest absolute Gasteiger partial charge is 0.354 e. The maximum atomic E-state index is 12.3. The number of aryl methyl sites for hydroxylation is 2. The van der Waals surface area contributed by atoms with Gasteiger partial charge in [0.15, 0.2) is 0 Å². The van der Waals surface area contributed by atoms with Crippen LogP contribution in [0.15, 0.2) is 73.6 Å². The molecule has 0 radical (unpaired) electrons. The van der Waals surface area contributed by atoms with Crippen molar-refractivity contribution in [3.05, 3.63) is 76.1 Å². The standard InChI is InChI=1S/C19H16O3S/c1-12-8-13(2)10-14(9-12)17-11-16(20)18(19(21)22-17)23-15-6-4-3-5-7-15/h3-11,20H,1-2H3. The van der Waals surface area contributed by atoms with E-state index < -0.39 is 5.63 Å². The average molecular weight is 324 g/mol. The molecule has 0 atom stereocenters. The van der Waals surface area contributed by atoms with Gasteiger partial charge in [0.2, 0.25) is 0 Å². The van der Waals surface area contributed by atoms with E-state index in [2.05, 4.69) is 0 Å². The normalized spacial score (nSPS) is 10.7. The largest absolute Gasteiger partial charge is 0.506 e. The van der Waals surface area contributed by atoms with Gasteiger partial charge in [-0.1, -0.05) is 47.2 Å². The van der Waals surface area contributed by atoms with Crippen LogP contribution >= 0.6 is 11.8 Å². The summed E-state index contributed by atoms with van der Waals surface area (Å²) in [7, 11) is 0. The van der Waals surface area contributed by atoms with Crippen LogP contribution < -0.4 is 5.63 Å². The van der Waals surface area contributed by atoms with Crippen molar-refractivity contribution in [2.75, 3.05) is 0 Å². The van der Waals surface area contributed by atoms with Crippen molar-refractivity contribution in [1.29, 1.82) is 0 Å². The third-order valence-corrected chi connectivity index (χ3v) is 4.45. The zero-order chi connectivity index (χ0) is 16.4. The zero-order valence-electron chi connectivity index (χ0n) is 12.9. The lowest BCUT2D eigenvalue weighted by molar-refractivity contribution is 0.430. The molecule has 1 heterocycles. The first-order valence-corrected chi connectivity index (χ1v) is 8.03. The third-order valence-electron chi connectivity index (χ3n) is 3.36. The summed E-state index contributed by atoms with van der Waals surface area (Å²) >= 11 is 1.19. The van der Waals surface area contributed by atoms with Crippen LogP contribution in [0.25, 0.3) is 11.3 Å². The topological polar surface area (TPSA) is 50.4 Å². The summed E-state index contributed by atoms with van der Waals surface area (Å²) in [6.07, 6.45) is 0. The van der Waals surface area contributed by atoms with Crippen molar-refractivity contribution in [2.45, 2.75) is 23.6 Å². The van der Waals surface area contributed by atoms with Crippen molar-refractivity contribution in [3.63, 3.8) is 0 Å². The highest BCUT2D eigenvalue weighted by Crippen LogP contribution is 2.34. The fraction of sp³-hybridized carbons (Fsp3) is 0.105. The lowest BCUT2D eigenvalue weighted by Gasteiger charge is -2.07. The van der Waals surface area contributed by atoms with Gasteiger partial charge in [0.1, 0.15) is 16.4 Å². The van der Waals surface area contributed by atoms with Gasteiger partial charge in [0.25, 0.3) is 0 Å². The molecule has 1 N–H and O–H groups in total. The molecule has 23 heavy (non-hydrogen) atoms. The van der Waals surface area contributed by atoms with Crippen molar-refractivity contribution >= 4 is 11.8 Å². The Morgan fingerprint density at radius 2 is 1.61 bits per heavy atom. The summed E-state index contributed by atoms with van der Waals surface area (Å²) < 4.78 is 5.42. The van der Waals surface area contributed by atoms with E-state index in [1.807, 2.05) is 62.4 Å². The summed E-state index contributed by atoms with van der Waals surface area (Å²) in [6.45, 7) is 3.96. The van der Waals surface area contributed by atoms with E-state index >= 15 is 0 Å². The molecule has 0 amide bonds. The number of hydrogen-bond acceptors (Lipinski definition) is 4. The van der Waals surface area contributed by atoms with Crippen molar-refractivity contribution in [3.8, 4) is 17.1 Å². The van der Waals surface area contributed by atoms with Gasteiger partial charge in [-0.3, -0.25) is 0 Å². The van der Waals surface area contributed by atoms with Crippen LogP contribution in [0.4, 0.5) is 0 Å². The molecule has 116 valence electrons. The third kappa shape index (κ3) is 3.48. The van der Waals surface area contributed by atoms with Crippen LogP contribution in [0.5, 0.6) is 5.75 Å². The molecule has 0 unspecified atom stereocenters. The summed E-state index contributed by atoms with van der Waals surface area (Å²) in [5.74, 6) is 0.306. The maximum Gasteiger partial charge on any atom is 0.354 e. The molecule has 0 saturated heterocycles. The van der Waals surface area contributed by atoms with Crippen LogP contribution in [0, 0.1) is 13.8 Å². The molecule has 0 bridgehead atoms. The Morgan fingerprint density at radius 1 is 0.957 bits per heavy atom. The minimum atomic E-state index is -0.534. The van der Waals surface area contributed by atoms with Crippen LogP contribution in [0.3, 0.4) is 0 Å². The lowest BCUT2D eigenvalue weighted by Crippen LogP contribution is -2.03. The van der Waals surface area contributed by atoms with Gasteiger partial charge < -0.3 is 9.52 Å². The van der Waals surface area contributed by atoms with Crippen LogP contribution in [-0.2, 0) is 0 Å². The highest BCUT2D eigenvalue weighted by Gasteiger charge is 2.14. The van der Waals surface area contributed by atoms with E-state index in [1.165, 1.54) is 17.8 Å². The quantitative estimate of drug-likeness (QED) is 0.753. The summed E-state index contributed by atoms with van der Waals surface area (Å²) in [6, 6.07) is 16.8. The Labute approximate surface area is 138 Å². The fourth-order valence-corrected chi connectivity index (χ4v) is 3.25. The Morgan fingerprint density at radius 3 is 2.22 bits per heavy atom. The molecule has 3 rings (SSSR count). The monoisotopic (exact) mass is 324 g/mol. The minimum absolute atomic E-state index is 0.0655. The molecule has 4 heteroatoms. The lowest BCUT2D eigenvalue weighted by atomic mass is 10.1. The number of aromatic hydroxyl groups is 1. The highest BCUT2D eigenvalue weighted by atomic mass is 32.2. The van der Waals surface area contributed by atoms with Crippen LogP contribution in [0.2, 0.25) is 0 Å².